The van der Waals surface area contributed by atoms with E-state index in [2.05, 4.69) is 10.0 Å². The topological polar surface area (TPSA) is 118 Å². The molecule has 0 aliphatic rings. The highest BCUT2D eigenvalue weighted by Crippen LogP contribution is 2.27. The lowest BCUT2D eigenvalue weighted by Crippen LogP contribution is -2.44. The molecule has 8 nitrogen and oxygen atoms in total. The van der Waals surface area contributed by atoms with Crippen LogP contribution >= 0.6 is 11.6 Å². The van der Waals surface area contributed by atoms with Crippen molar-refractivity contribution in [1.29, 1.82) is 0 Å². The van der Waals surface area contributed by atoms with Gasteiger partial charge in [0.1, 0.15) is 5.02 Å². The smallest absolute Gasteiger partial charge is 0.289 e. The number of carbonyl (C=O) groups is 1. The second-order valence-corrected chi connectivity index (χ2v) is 6.23. The summed E-state index contributed by atoms with van der Waals surface area (Å²) in [4.78, 5) is 21.2. The molecule has 0 aromatic heterocycles. The predicted octanol–water partition coefficient (Wildman–Crippen LogP) is 1.05. The lowest BCUT2D eigenvalue weighted by atomic mass is 10.3. The van der Waals surface area contributed by atoms with Crippen LogP contribution in [0.1, 0.15) is 13.8 Å². The molecule has 1 aromatic carbocycles. The third kappa shape index (κ3) is 4.38. The Morgan fingerprint density at radius 1 is 1.48 bits per heavy atom. The number of amides is 1. The Hall–Kier alpha value is -1.71. The van der Waals surface area contributed by atoms with E-state index in [9.17, 15) is 23.3 Å². The maximum Gasteiger partial charge on any atom is 0.289 e. The molecule has 1 rings (SSSR count). The molecular weight excluding hydrogens is 322 g/mol. The molecule has 1 atom stereocenters. The molecule has 0 saturated carbocycles. The number of nitrogens with one attached hydrogen (secondary N) is 2. The molecule has 1 amide bonds. The molecule has 0 spiro atoms. The van der Waals surface area contributed by atoms with Gasteiger partial charge < -0.3 is 5.32 Å². The Labute approximate surface area is 126 Å². The number of halogens is 1. The molecule has 0 radical (unpaired) electrons. The fourth-order valence-electron chi connectivity index (χ4n) is 1.48. The van der Waals surface area contributed by atoms with Crippen LogP contribution in [0, 0.1) is 10.1 Å². The second-order valence-electron chi connectivity index (χ2n) is 4.11. The first kappa shape index (κ1) is 17.3. The summed E-state index contributed by atoms with van der Waals surface area (Å²) in [6, 6.07) is 2.08. The number of hydrogen-bond acceptors (Lipinski definition) is 5. The maximum atomic E-state index is 12.1. The van der Waals surface area contributed by atoms with Crippen LogP contribution in [0.3, 0.4) is 0 Å². The molecule has 0 aliphatic heterocycles. The minimum Gasteiger partial charge on any atom is -0.355 e. The predicted molar refractivity (Wildman–Crippen MR) is 76.6 cm³/mol. The van der Waals surface area contributed by atoms with Crippen molar-refractivity contribution in [2.45, 2.75) is 24.8 Å². The van der Waals surface area contributed by atoms with E-state index in [4.69, 9.17) is 11.6 Å². The number of benzene rings is 1. The van der Waals surface area contributed by atoms with E-state index >= 15 is 0 Å². The Balaban J connectivity index is 3.06. The van der Waals surface area contributed by atoms with Gasteiger partial charge >= 0.3 is 0 Å². The van der Waals surface area contributed by atoms with E-state index in [1.54, 1.807) is 6.92 Å². The van der Waals surface area contributed by atoms with Crippen molar-refractivity contribution >= 4 is 33.2 Å². The minimum absolute atomic E-state index is 0.171. The van der Waals surface area contributed by atoms with Gasteiger partial charge in [-0.15, -0.1) is 0 Å². The molecule has 0 aliphatic carbocycles. The van der Waals surface area contributed by atoms with Crippen molar-refractivity contribution < 1.29 is 18.1 Å². The Kier molecular flexibility index (Phi) is 5.64. The van der Waals surface area contributed by atoms with Crippen LogP contribution in [0.4, 0.5) is 5.69 Å². The zero-order valence-electron chi connectivity index (χ0n) is 11.3. The maximum absolute atomic E-state index is 12.1. The average Bonchev–Trinajstić information content (AvgIpc) is 2.38. The highest BCUT2D eigenvalue weighted by atomic mass is 35.5. The van der Waals surface area contributed by atoms with Crippen LogP contribution in [0.5, 0.6) is 0 Å². The van der Waals surface area contributed by atoms with Gasteiger partial charge in [0.05, 0.1) is 15.9 Å². The number of likely N-dealkylation sites (N-methyl/N-ethyl adjacent to an activating group) is 1. The van der Waals surface area contributed by atoms with Gasteiger partial charge in [0, 0.05) is 12.6 Å². The molecule has 1 aromatic rings. The van der Waals surface area contributed by atoms with Crippen molar-refractivity contribution in [3.63, 3.8) is 0 Å². The van der Waals surface area contributed by atoms with Crippen LogP contribution in [0.25, 0.3) is 0 Å². The molecule has 0 fully saturated rings. The first-order valence-electron chi connectivity index (χ1n) is 5.93. The van der Waals surface area contributed by atoms with Gasteiger partial charge in [-0.2, -0.15) is 4.72 Å². The lowest BCUT2D eigenvalue weighted by Gasteiger charge is -2.13. The van der Waals surface area contributed by atoms with Crippen molar-refractivity contribution in [3.8, 4) is 0 Å². The summed E-state index contributed by atoms with van der Waals surface area (Å²) in [5, 5.41) is 13.1. The fourth-order valence-corrected chi connectivity index (χ4v) is 2.89. The van der Waals surface area contributed by atoms with Crippen LogP contribution in [0.15, 0.2) is 23.1 Å². The van der Waals surface area contributed by atoms with Crippen molar-refractivity contribution in [1.82, 2.24) is 10.0 Å². The summed E-state index contributed by atoms with van der Waals surface area (Å²) in [5.74, 6) is -0.496. The zero-order valence-corrected chi connectivity index (χ0v) is 12.9. The molecule has 1 unspecified atom stereocenters. The highest BCUT2D eigenvalue weighted by Gasteiger charge is 2.24. The van der Waals surface area contributed by atoms with E-state index < -0.39 is 32.6 Å². The van der Waals surface area contributed by atoms with Crippen LogP contribution in [0.2, 0.25) is 5.02 Å². The SMILES string of the molecule is CCNC(=O)C(C)NS(=O)(=O)c1ccc(Cl)c([N+](=O)[O-])c1. The quantitative estimate of drug-likeness (QED) is 0.595. The standard InChI is InChI=1S/C11H14ClN3O5S/c1-3-13-11(16)7(2)14-21(19,20)8-4-5-9(12)10(6-8)15(17)18/h4-7,14H,3H2,1-2H3,(H,13,16). The third-order valence-electron chi connectivity index (χ3n) is 2.50. The minimum atomic E-state index is -4.07. The fraction of sp³-hybridized carbons (Fsp3) is 0.364. The lowest BCUT2D eigenvalue weighted by molar-refractivity contribution is -0.384. The van der Waals surface area contributed by atoms with Crippen LogP contribution < -0.4 is 10.0 Å². The second kappa shape index (κ2) is 6.83. The number of nitro groups is 1. The van der Waals surface area contributed by atoms with Gasteiger partial charge in [-0.25, -0.2) is 8.42 Å². The Bertz CT molecular complexity index is 662. The summed E-state index contributed by atoms with van der Waals surface area (Å²) in [6.45, 7) is 3.42. The third-order valence-corrected chi connectivity index (χ3v) is 4.36. The van der Waals surface area contributed by atoms with Crippen molar-refractivity contribution in [2.24, 2.45) is 0 Å². The number of nitro benzene ring substituents is 1. The van der Waals surface area contributed by atoms with E-state index in [0.717, 1.165) is 18.2 Å². The summed E-state index contributed by atoms with van der Waals surface area (Å²) < 4.78 is 26.3. The number of hydrogen-bond donors (Lipinski definition) is 2. The van der Waals surface area contributed by atoms with Gasteiger partial charge in [-0.1, -0.05) is 11.6 Å². The normalized spacial score (nSPS) is 12.7. The molecule has 21 heavy (non-hydrogen) atoms. The molecule has 116 valence electrons. The number of carbonyl (C=O) groups excluding carboxylic acids is 1. The monoisotopic (exact) mass is 335 g/mol. The van der Waals surface area contributed by atoms with Crippen LogP contribution in [-0.2, 0) is 14.8 Å². The summed E-state index contributed by atoms with van der Waals surface area (Å²) >= 11 is 5.62. The summed E-state index contributed by atoms with van der Waals surface area (Å²) in [6.07, 6.45) is 0. The Morgan fingerprint density at radius 2 is 2.10 bits per heavy atom. The summed E-state index contributed by atoms with van der Waals surface area (Å²) in [7, 11) is -4.07. The van der Waals surface area contributed by atoms with Gasteiger partial charge in [0.2, 0.25) is 15.9 Å². The van der Waals surface area contributed by atoms with Crippen LogP contribution in [-0.4, -0.2) is 31.8 Å². The van der Waals surface area contributed by atoms with Crippen molar-refractivity contribution in [2.75, 3.05) is 6.54 Å². The van der Waals surface area contributed by atoms with E-state index in [1.807, 2.05) is 0 Å². The number of sulfonamides is 1. The molecule has 0 heterocycles. The Morgan fingerprint density at radius 3 is 2.62 bits per heavy atom. The highest BCUT2D eigenvalue weighted by molar-refractivity contribution is 7.89. The van der Waals surface area contributed by atoms with Gasteiger partial charge in [0.15, 0.2) is 0 Å². The molecular formula is C11H14ClN3O5S. The van der Waals surface area contributed by atoms with Gasteiger partial charge in [0.25, 0.3) is 5.69 Å². The van der Waals surface area contributed by atoms with Gasteiger partial charge in [-0.3, -0.25) is 14.9 Å². The average molecular weight is 336 g/mol. The van der Waals surface area contributed by atoms with Gasteiger partial charge in [-0.05, 0) is 26.0 Å². The number of nitrogens with zero attached hydrogens (tertiary/aromatic N) is 1. The zero-order chi connectivity index (χ0) is 16.2. The van der Waals surface area contributed by atoms with E-state index in [0.29, 0.717) is 6.54 Å². The van der Waals surface area contributed by atoms with E-state index in [-0.39, 0.29) is 9.92 Å². The molecule has 10 heteroatoms. The first-order chi connectivity index (χ1) is 9.69. The van der Waals surface area contributed by atoms with E-state index in [1.165, 1.54) is 6.92 Å². The largest absolute Gasteiger partial charge is 0.355 e. The molecule has 2 N–H and O–H groups in total. The molecule has 0 bridgehead atoms. The van der Waals surface area contributed by atoms with Crippen molar-refractivity contribution in [3.05, 3.63) is 33.3 Å². The summed E-state index contributed by atoms with van der Waals surface area (Å²) in [5.41, 5.74) is -0.523. The first-order valence-corrected chi connectivity index (χ1v) is 7.79. The molecule has 0 saturated heterocycles. The number of rotatable bonds is 6.